The second-order valence-electron chi connectivity index (χ2n) is 5.70. The lowest BCUT2D eigenvalue weighted by Gasteiger charge is -2.46. The SMILES string of the molecule is CCNC(c1ccc(C)c(Cl)c1)C(CC)(CC)N(C)C. The Labute approximate surface area is 129 Å². The summed E-state index contributed by atoms with van der Waals surface area (Å²) < 4.78 is 0. The molecule has 0 saturated carbocycles. The van der Waals surface area contributed by atoms with E-state index in [1.807, 2.05) is 6.92 Å². The maximum Gasteiger partial charge on any atom is 0.0507 e. The quantitative estimate of drug-likeness (QED) is 0.801. The fraction of sp³-hybridized carbons (Fsp3) is 0.647. The van der Waals surface area contributed by atoms with E-state index in [-0.39, 0.29) is 11.6 Å². The molecule has 0 radical (unpaired) electrons. The molecule has 3 heteroatoms. The third-order valence-corrected chi connectivity index (χ3v) is 5.00. The molecule has 1 aromatic rings. The van der Waals surface area contributed by atoms with E-state index in [9.17, 15) is 0 Å². The number of rotatable bonds is 7. The largest absolute Gasteiger partial charge is 0.309 e. The maximum absolute atomic E-state index is 6.33. The highest BCUT2D eigenvalue weighted by Crippen LogP contribution is 2.37. The van der Waals surface area contributed by atoms with Crippen molar-refractivity contribution in [1.29, 1.82) is 0 Å². The molecule has 20 heavy (non-hydrogen) atoms. The molecule has 0 spiro atoms. The molecule has 0 saturated heterocycles. The summed E-state index contributed by atoms with van der Waals surface area (Å²) in [5, 5.41) is 4.52. The van der Waals surface area contributed by atoms with E-state index in [1.54, 1.807) is 0 Å². The molecule has 0 aliphatic rings. The standard InChI is InChI=1S/C17H29ClN2/c1-7-17(8-2,20(5)6)16(19-9-3)14-11-10-13(4)15(18)12-14/h10-12,16,19H,7-9H2,1-6H3. The van der Waals surface area contributed by atoms with Gasteiger partial charge < -0.3 is 10.2 Å². The molecule has 0 fully saturated rings. The molecular weight excluding hydrogens is 268 g/mol. The first-order valence-corrected chi connectivity index (χ1v) is 7.97. The van der Waals surface area contributed by atoms with Crippen LogP contribution in [-0.4, -0.2) is 31.1 Å². The van der Waals surface area contributed by atoms with Crippen LogP contribution < -0.4 is 5.32 Å². The summed E-state index contributed by atoms with van der Waals surface area (Å²) in [6, 6.07) is 6.73. The van der Waals surface area contributed by atoms with Crippen LogP contribution in [-0.2, 0) is 0 Å². The van der Waals surface area contributed by atoms with Crippen LogP contribution in [0.3, 0.4) is 0 Å². The van der Waals surface area contributed by atoms with E-state index in [1.165, 1.54) is 5.56 Å². The Bertz CT molecular complexity index is 425. The summed E-state index contributed by atoms with van der Waals surface area (Å²) in [5.41, 5.74) is 2.52. The number of hydrogen-bond donors (Lipinski definition) is 1. The number of hydrogen-bond acceptors (Lipinski definition) is 2. The Morgan fingerprint density at radius 3 is 2.20 bits per heavy atom. The van der Waals surface area contributed by atoms with Crippen LogP contribution >= 0.6 is 11.6 Å². The molecule has 0 aliphatic carbocycles. The van der Waals surface area contributed by atoms with Crippen molar-refractivity contribution in [2.24, 2.45) is 0 Å². The zero-order chi connectivity index (χ0) is 15.3. The molecule has 0 aliphatic heterocycles. The molecule has 0 aromatic heterocycles. The predicted octanol–water partition coefficient (Wildman–Crippen LogP) is 4.42. The van der Waals surface area contributed by atoms with E-state index in [2.05, 4.69) is 63.3 Å². The molecule has 0 bridgehead atoms. The van der Waals surface area contributed by atoms with Crippen molar-refractivity contribution in [3.8, 4) is 0 Å². The van der Waals surface area contributed by atoms with Gasteiger partial charge in [0.05, 0.1) is 6.04 Å². The summed E-state index contributed by atoms with van der Waals surface area (Å²) in [5.74, 6) is 0. The molecule has 1 atom stereocenters. The molecule has 1 rings (SSSR count). The van der Waals surface area contributed by atoms with Gasteiger partial charge in [0.2, 0.25) is 0 Å². The summed E-state index contributed by atoms with van der Waals surface area (Å²) in [6.07, 6.45) is 2.19. The average molecular weight is 297 g/mol. The lowest BCUT2D eigenvalue weighted by atomic mass is 9.79. The van der Waals surface area contributed by atoms with Crippen LogP contribution in [0.2, 0.25) is 5.02 Å². The topological polar surface area (TPSA) is 15.3 Å². The van der Waals surface area contributed by atoms with Crippen molar-refractivity contribution in [3.63, 3.8) is 0 Å². The Kier molecular flexibility index (Phi) is 6.50. The zero-order valence-electron chi connectivity index (χ0n) is 13.8. The van der Waals surface area contributed by atoms with Gasteiger partial charge in [-0.3, -0.25) is 0 Å². The molecule has 1 aromatic carbocycles. The van der Waals surface area contributed by atoms with Crippen molar-refractivity contribution < 1.29 is 0 Å². The van der Waals surface area contributed by atoms with Gasteiger partial charge in [0.15, 0.2) is 0 Å². The lowest BCUT2D eigenvalue weighted by molar-refractivity contribution is 0.0889. The normalized spacial score (nSPS) is 13.8. The van der Waals surface area contributed by atoms with Gasteiger partial charge in [-0.15, -0.1) is 0 Å². The van der Waals surface area contributed by atoms with Gasteiger partial charge in [-0.25, -0.2) is 0 Å². The smallest absolute Gasteiger partial charge is 0.0507 e. The van der Waals surface area contributed by atoms with Gasteiger partial charge in [-0.2, -0.15) is 0 Å². The first-order chi connectivity index (χ1) is 9.42. The minimum absolute atomic E-state index is 0.106. The fourth-order valence-electron chi connectivity index (χ4n) is 3.16. The Balaban J connectivity index is 3.30. The van der Waals surface area contributed by atoms with Crippen molar-refractivity contribution in [1.82, 2.24) is 10.2 Å². The van der Waals surface area contributed by atoms with Crippen molar-refractivity contribution >= 4 is 11.6 Å². The highest BCUT2D eigenvalue weighted by Gasteiger charge is 2.38. The van der Waals surface area contributed by atoms with E-state index >= 15 is 0 Å². The second-order valence-corrected chi connectivity index (χ2v) is 6.11. The second kappa shape index (κ2) is 7.44. The van der Waals surface area contributed by atoms with Crippen LogP contribution in [0.4, 0.5) is 0 Å². The average Bonchev–Trinajstić information content (AvgIpc) is 2.42. The monoisotopic (exact) mass is 296 g/mol. The third kappa shape index (κ3) is 3.36. The number of likely N-dealkylation sites (N-methyl/N-ethyl adjacent to an activating group) is 2. The summed E-state index contributed by atoms with van der Waals surface area (Å²) in [4.78, 5) is 2.36. The number of halogens is 1. The minimum Gasteiger partial charge on any atom is -0.309 e. The lowest BCUT2D eigenvalue weighted by Crippen LogP contribution is -2.53. The van der Waals surface area contributed by atoms with Crippen molar-refractivity contribution in [2.75, 3.05) is 20.6 Å². The van der Waals surface area contributed by atoms with Crippen LogP contribution in [0, 0.1) is 6.92 Å². The van der Waals surface area contributed by atoms with Gasteiger partial charge >= 0.3 is 0 Å². The number of aryl methyl sites for hydroxylation is 1. The molecule has 2 nitrogen and oxygen atoms in total. The fourth-order valence-corrected chi connectivity index (χ4v) is 3.35. The Morgan fingerprint density at radius 1 is 1.20 bits per heavy atom. The Hall–Kier alpha value is -0.570. The van der Waals surface area contributed by atoms with Gasteiger partial charge in [0, 0.05) is 10.6 Å². The molecule has 1 unspecified atom stereocenters. The minimum atomic E-state index is 0.106. The number of benzene rings is 1. The van der Waals surface area contributed by atoms with Crippen LogP contribution in [0.1, 0.15) is 50.8 Å². The van der Waals surface area contributed by atoms with E-state index in [4.69, 9.17) is 11.6 Å². The van der Waals surface area contributed by atoms with Crippen LogP contribution in [0.15, 0.2) is 18.2 Å². The zero-order valence-corrected chi connectivity index (χ0v) is 14.5. The highest BCUT2D eigenvalue weighted by atomic mass is 35.5. The summed E-state index contributed by atoms with van der Waals surface area (Å²) in [6.45, 7) is 9.70. The van der Waals surface area contributed by atoms with Gasteiger partial charge in [0.25, 0.3) is 0 Å². The van der Waals surface area contributed by atoms with Crippen molar-refractivity contribution in [2.45, 2.75) is 52.1 Å². The Morgan fingerprint density at radius 2 is 1.80 bits per heavy atom. The number of nitrogens with one attached hydrogen (secondary N) is 1. The third-order valence-electron chi connectivity index (χ3n) is 4.59. The molecule has 0 amide bonds. The number of nitrogens with zero attached hydrogens (tertiary/aromatic N) is 1. The van der Waals surface area contributed by atoms with E-state index in [0.717, 1.165) is 30.0 Å². The predicted molar refractivity (Wildman–Crippen MR) is 89.6 cm³/mol. The molecular formula is C17H29ClN2. The summed E-state index contributed by atoms with van der Waals surface area (Å²) >= 11 is 6.33. The van der Waals surface area contributed by atoms with Gasteiger partial charge in [-0.1, -0.05) is 44.5 Å². The van der Waals surface area contributed by atoms with E-state index in [0.29, 0.717) is 0 Å². The van der Waals surface area contributed by atoms with Crippen molar-refractivity contribution in [3.05, 3.63) is 34.3 Å². The van der Waals surface area contributed by atoms with Gasteiger partial charge in [-0.05, 0) is 57.6 Å². The highest BCUT2D eigenvalue weighted by molar-refractivity contribution is 6.31. The van der Waals surface area contributed by atoms with Gasteiger partial charge in [0.1, 0.15) is 0 Å². The molecule has 1 N–H and O–H groups in total. The first kappa shape index (κ1) is 17.5. The molecule has 0 heterocycles. The van der Waals surface area contributed by atoms with Crippen LogP contribution in [0.5, 0.6) is 0 Å². The maximum atomic E-state index is 6.33. The summed E-state index contributed by atoms with van der Waals surface area (Å²) in [7, 11) is 4.35. The first-order valence-electron chi connectivity index (χ1n) is 7.59. The van der Waals surface area contributed by atoms with Crippen LogP contribution in [0.25, 0.3) is 0 Å². The molecule has 114 valence electrons. The van der Waals surface area contributed by atoms with E-state index < -0.39 is 0 Å².